The first kappa shape index (κ1) is 13.3. The number of nitriles is 1. The van der Waals surface area contributed by atoms with Gasteiger partial charge in [-0.1, -0.05) is 6.92 Å². The smallest absolute Gasteiger partial charge is 0.263 e. The van der Waals surface area contributed by atoms with E-state index in [9.17, 15) is 4.79 Å². The summed E-state index contributed by atoms with van der Waals surface area (Å²) < 4.78 is 0. The Morgan fingerprint density at radius 2 is 2.24 bits per heavy atom. The summed E-state index contributed by atoms with van der Waals surface area (Å²) in [6.45, 7) is 5.16. The van der Waals surface area contributed by atoms with Gasteiger partial charge in [0.05, 0.1) is 5.69 Å². The highest BCUT2D eigenvalue weighted by Gasteiger charge is 2.20. The van der Waals surface area contributed by atoms with E-state index in [2.05, 4.69) is 10.6 Å². The summed E-state index contributed by atoms with van der Waals surface area (Å²) in [6.07, 6.45) is 0.944. The van der Waals surface area contributed by atoms with Gasteiger partial charge in [-0.05, 0) is 13.3 Å². The van der Waals surface area contributed by atoms with Crippen molar-refractivity contribution in [1.82, 2.24) is 5.32 Å². The molecule has 92 valence electrons. The van der Waals surface area contributed by atoms with Gasteiger partial charge in [-0.2, -0.15) is 5.26 Å². The normalized spacial score (nSPS) is 9.71. The van der Waals surface area contributed by atoms with Crippen LogP contribution < -0.4 is 16.4 Å². The Hall–Kier alpha value is -1.74. The second kappa shape index (κ2) is 6.11. The first-order chi connectivity index (χ1) is 8.15. The van der Waals surface area contributed by atoms with Gasteiger partial charge < -0.3 is 16.4 Å². The lowest BCUT2D eigenvalue weighted by atomic mass is 10.2. The molecule has 0 bridgehead atoms. The van der Waals surface area contributed by atoms with Gasteiger partial charge in [0.2, 0.25) is 0 Å². The second-order valence-corrected chi connectivity index (χ2v) is 4.47. The van der Waals surface area contributed by atoms with Gasteiger partial charge >= 0.3 is 0 Å². The number of hydrogen-bond acceptors (Lipinski definition) is 5. The van der Waals surface area contributed by atoms with Gasteiger partial charge in [0.15, 0.2) is 0 Å². The highest BCUT2D eigenvalue weighted by molar-refractivity contribution is 7.18. The number of carbonyl (C=O) groups is 1. The molecule has 4 N–H and O–H groups in total. The standard InChI is InChI=1S/C11H16N4OS/c1-3-5-15-11-7(6-12)8(13)9(17-11)10(16)14-4-2/h15H,3-5,13H2,1-2H3,(H,14,16). The van der Waals surface area contributed by atoms with Gasteiger partial charge in [-0.25, -0.2) is 0 Å². The Labute approximate surface area is 105 Å². The molecular weight excluding hydrogens is 236 g/mol. The van der Waals surface area contributed by atoms with Crippen LogP contribution in [0.3, 0.4) is 0 Å². The summed E-state index contributed by atoms with van der Waals surface area (Å²) in [5, 5.41) is 15.5. The molecule has 0 atom stereocenters. The lowest BCUT2D eigenvalue weighted by molar-refractivity contribution is 0.0960. The van der Waals surface area contributed by atoms with Crippen molar-refractivity contribution in [3.05, 3.63) is 10.4 Å². The van der Waals surface area contributed by atoms with Gasteiger partial charge in [-0.3, -0.25) is 4.79 Å². The third-order valence-electron chi connectivity index (χ3n) is 2.14. The second-order valence-electron chi connectivity index (χ2n) is 3.45. The number of amides is 1. The summed E-state index contributed by atoms with van der Waals surface area (Å²) >= 11 is 1.23. The van der Waals surface area contributed by atoms with Crippen molar-refractivity contribution < 1.29 is 4.79 Å². The minimum Gasteiger partial charge on any atom is -0.396 e. The lowest BCUT2D eigenvalue weighted by Crippen LogP contribution is -2.22. The van der Waals surface area contributed by atoms with E-state index in [4.69, 9.17) is 11.0 Å². The molecule has 0 saturated heterocycles. The summed E-state index contributed by atoms with van der Waals surface area (Å²) in [6, 6.07) is 2.03. The number of nitrogens with one attached hydrogen (secondary N) is 2. The predicted octanol–water partition coefficient (Wildman–Crippen LogP) is 1.77. The van der Waals surface area contributed by atoms with Crippen LogP contribution in [0, 0.1) is 11.3 Å². The van der Waals surface area contributed by atoms with Crippen LogP contribution in [0.25, 0.3) is 0 Å². The highest BCUT2D eigenvalue weighted by Crippen LogP contribution is 2.34. The molecule has 1 amide bonds. The maximum Gasteiger partial charge on any atom is 0.263 e. The topological polar surface area (TPSA) is 90.9 Å². The van der Waals surface area contributed by atoms with Gasteiger partial charge in [0, 0.05) is 13.1 Å². The fourth-order valence-corrected chi connectivity index (χ4v) is 2.34. The molecule has 0 unspecified atom stereocenters. The zero-order chi connectivity index (χ0) is 12.8. The van der Waals surface area contributed by atoms with Crippen molar-refractivity contribution >= 4 is 27.9 Å². The summed E-state index contributed by atoms with van der Waals surface area (Å²) in [7, 11) is 0. The van der Waals surface area contributed by atoms with E-state index >= 15 is 0 Å². The Morgan fingerprint density at radius 3 is 2.76 bits per heavy atom. The number of nitrogen functional groups attached to an aromatic ring is 1. The van der Waals surface area contributed by atoms with Crippen LogP contribution in [-0.2, 0) is 0 Å². The molecule has 0 aromatic carbocycles. The molecule has 6 heteroatoms. The van der Waals surface area contributed by atoms with Gasteiger partial charge in [0.25, 0.3) is 5.91 Å². The van der Waals surface area contributed by atoms with E-state index < -0.39 is 0 Å². The molecule has 0 spiro atoms. The zero-order valence-corrected chi connectivity index (χ0v) is 10.8. The third-order valence-corrected chi connectivity index (χ3v) is 3.30. The minimum absolute atomic E-state index is 0.226. The largest absolute Gasteiger partial charge is 0.396 e. The van der Waals surface area contributed by atoms with Crippen LogP contribution in [0.15, 0.2) is 0 Å². The van der Waals surface area contributed by atoms with Crippen molar-refractivity contribution in [2.24, 2.45) is 0 Å². The molecule has 17 heavy (non-hydrogen) atoms. The summed E-state index contributed by atoms with van der Waals surface area (Å²) in [4.78, 5) is 12.1. The number of carbonyl (C=O) groups excluding carboxylic acids is 1. The van der Waals surface area contributed by atoms with Crippen LogP contribution in [0.2, 0.25) is 0 Å². The predicted molar refractivity (Wildman–Crippen MR) is 70.2 cm³/mol. The first-order valence-corrected chi connectivity index (χ1v) is 6.31. The molecule has 1 aromatic rings. The fraction of sp³-hybridized carbons (Fsp3) is 0.455. The molecular formula is C11H16N4OS. The molecule has 0 radical (unpaired) electrons. The average molecular weight is 252 g/mol. The van der Waals surface area contributed by atoms with Crippen molar-refractivity contribution in [1.29, 1.82) is 5.26 Å². The van der Waals surface area contributed by atoms with Crippen LogP contribution in [0.1, 0.15) is 35.5 Å². The number of rotatable bonds is 5. The Kier molecular flexibility index (Phi) is 4.79. The number of hydrogen-bond donors (Lipinski definition) is 3. The molecule has 1 heterocycles. The molecule has 1 aromatic heterocycles. The van der Waals surface area contributed by atoms with Crippen LogP contribution >= 0.6 is 11.3 Å². The number of nitrogens with two attached hydrogens (primary N) is 1. The van der Waals surface area contributed by atoms with Crippen molar-refractivity contribution in [3.8, 4) is 6.07 Å². The average Bonchev–Trinajstić information content (AvgIpc) is 2.63. The monoisotopic (exact) mass is 252 g/mol. The molecule has 0 aliphatic heterocycles. The van der Waals surface area contributed by atoms with E-state index in [1.807, 2.05) is 19.9 Å². The SMILES string of the molecule is CCCNc1sc(C(=O)NCC)c(N)c1C#N. The van der Waals surface area contributed by atoms with E-state index in [-0.39, 0.29) is 11.6 Å². The molecule has 0 fully saturated rings. The van der Waals surface area contributed by atoms with Crippen LogP contribution in [0.5, 0.6) is 0 Å². The highest BCUT2D eigenvalue weighted by atomic mass is 32.1. The van der Waals surface area contributed by atoms with E-state index in [1.165, 1.54) is 11.3 Å². The van der Waals surface area contributed by atoms with Crippen LogP contribution in [-0.4, -0.2) is 19.0 Å². The molecule has 0 saturated carbocycles. The van der Waals surface area contributed by atoms with E-state index in [1.54, 1.807) is 0 Å². The summed E-state index contributed by atoms with van der Waals surface area (Å²) in [5.41, 5.74) is 6.44. The molecule has 1 rings (SSSR count). The van der Waals surface area contributed by atoms with E-state index in [0.29, 0.717) is 22.0 Å². The quantitative estimate of drug-likeness (QED) is 0.745. The van der Waals surface area contributed by atoms with Crippen molar-refractivity contribution in [2.45, 2.75) is 20.3 Å². The van der Waals surface area contributed by atoms with Crippen molar-refractivity contribution in [3.63, 3.8) is 0 Å². The minimum atomic E-state index is -0.226. The van der Waals surface area contributed by atoms with E-state index in [0.717, 1.165) is 13.0 Å². The number of anilines is 2. The number of nitrogens with zero attached hydrogens (tertiary/aromatic N) is 1. The zero-order valence-electron chi connectivity index (χ0n) is 9.96. The third kappa shape index (κ3) is 2.88. The molecule has 0 aliphatic rings. The Bertz CT molecular complexity index is 447. The molecule has 5 nitrogen and oxygen atoms in total. The maximum atomic E-state index is 11.7. The maximum absolute atomic E-state index is 11.7. The lowest BCUT2D eigenvalue weighted by Gasteiger charge is -2.00. The van der Waals surface area contributed by atoms with Gasteiger partial charge in [-0.15, -0.1) is 11.3 Å². The Balaban J connectivity index is 3.05. The summed E-state index contributed by atoms with van der Waals surface area (Å²) in [5.74, 6) is -0.226. The van der Waals surface area contributed by atoms with Crippen molar-refractivity contribution in [2.75, 3.05) is 24.1 Å². The Morgan fingerprint density at radius 1 is 1.53 bits per heavy atom. The first-order valence-electron chi connectivity index (χ1n) is 5.50. The van der Waals surface area contributed by atoms with Crippen LogP contribution in [0.4, 0.5) is 10.7 Å². The number of thiophene rings is 1. The molecule has 0 aliphatic carbocycles. The van der Waals surface area contributed by atoms with Gasteiger partial charge in [0.1, 0.15) is 21.5 Å². The fourth-order valence-electron chi connectivity index (χ4n) is 1.33.